The molecular formula is C23H19NO4. The van der Waals surface area contributed by atoms with Crippen LogP contribution in [0.25, 0.3) is 6.08 Å². The molecule has 3 fully saturated rings. The molecule has 4 heterocycles. The maximum absolute atomic E-state index is 13.6. The van der Waals surface area contributed by atoms with Gasteiger partial charge in [-0.05, 0) is 17.2 Å². The zero-order valence-electron chi connectivity index (χ0n) is 15.1. The summed E-state index contributed by atoms with van der Waals surface area (Å²) in [7, 11) is 0. The first-order valence-electron chi connectivity index (χ1n) is 9.68. The van der Waals surface area contributed by atoms with Gasteiger partial charge in [0, 0.05) is 17.7 Å². The Balaban J connectivity index is 1.52. The summed E-state index contributed by atoms with van der Waals surface area (Å²) >= 11 is 0. The summed E-state index contributed by atoms with van der Waals surface area (Å²) in [6, 6.07) is 16.8. The molecule has 140 valence electrons. The second kappa shape index (κ2) is 5.87. The molecule has 2 aromatic rings. The summed E-state index contributed by atoms with van der Waals surface area (Å²) in [5.41, 5.74) is 2.86. The molecule has 0 amide bonds. The van der Waals surface area contributed by atoms with Gasteiger partial charge in [-0.2, -0.15) is 0 Å². The number of hydrogen-bond donors (Lipinski definition) is 0. The van der Waals surface area contributed by atoms with Crippen LogP contribution in [-0.4, -0.2) is 41.5 Å². The molecule has 6 atom stereocenters. The maximum Gasteiger partial charge on any atom is 0.218 e. The minimum Gasteiger partial charge on any atom is -0.359 e. The number of fused-ring (bicyclic) bond motifs is 8. The highest BCUT2D eigenvalue weighted by molar-refractivity contribution is 6.02. The lowest BCUT2D eigenvalue weighted by molar-refractivity contribution is -0.164. The van der Waals surface area contributed by atoms with Crippen molar-refractivity contribution in [2.45, 2.75) is 24.5 Å². The third kappa shape index (κ3) is 2.09. The van der Waals surface area contributed by atoms with Gasteiger partial charge in [0.2, 0.25) is 6.29 Å². The van der Waals surface area contributed by atoms with Crippen molar-refractivity contribution < 1.29 is 19.1 Å². The molecular weight excluding hydrogens is 354 g/mol. The van der Waals surface area contributed by atoms with E-state index in [1.165, 1.54) is 0 Å². The Bertz CT molecular complexity index is 1000. The summed E-state index contributed by atoms with van der Waals surface area (Å²) < 4.78 is 11.5. The van der Waals surface area contributed by atoms with Crippen LogP contribution < -0.4 is 0 Å². The summed E-state index contributed by atoms with van der Waals surface area (Å²) in [6.45, 7) is 0.363. The van der Waals surface area contributed by atoms with E-state index in [0.717, 1.165) is 11.1 Å². The lowest BCUT2D eigenvalue weighted by Gasteiger charge is -2.34. The summed E-state index contributed by atoms with van der Waals surface area (Å²) in [5, 5.41) is 0. The number of rotatable bonds is 2. The van der Waals surface area contributed by atoms with E-state index in [1.807, 2.05) is 54.7 Å². The van der Waals surface area contributed by atoms with Crippen molar-refractivity contribution >= 4 is 17.6 Å². The number of hydrogen-bond acceptors (Lipinski definition) is 5. The topological polar surface area (TPSA) is 55.8 Å². The first-order valence-corrected chi connectivity index (χ1v) is 9.68. The fourth-order valence-electron chi connectivity index (χ4n) is 5.39. The smallest absolute Gasteiger partial charge is 0.218 e. The van der Waals surface area contributed by atoms with Crippen LogP contribution in [0.5, 0.6) is 0 Å². The SMILES string of the molecule is O=C1[C@H]2OC[C@H](O2)[C@@H]2[C@H]1[C@H]1c3ccccc3C=CN1[C@@H]2C(=O)c1ccccc1. The van der Waals surface area contributed by atoms with Gasteiger partial charge in [-0.25, -0.2) is 0 Å². The largest absolute Gasteiger partial charge is 0.359 e. The highest BCUT2D eigenvalue weighted by Gasteiger charge is 2.63. The van der Waals surface area contributed by atoms with E-state index in [1.54, 1.807) is 0 Å². The van der Waals surface area contributed by atoms with Gasteiger partial charge in [-0.1, -0.05) is 54.6 Å². The first kappa shape index (κ1) is 16.2. The molecule has 0 radical (unpaired) electrons. The molecule has 6 rings (SSSR count). The van der Waals surface area contributed by atoms with E-state index in [2.05, 4.69) is 17.0 Å². The zero-order chi connectivity index (χ0) is 18.8. The van der Waals surface area contributed by atoms with Gasteiger partial charge in [0.25, 0.3) is 0 Å². The lowest BCUT2D eigenvalue weighted by atomic mass is 9.75. The Labute approximate surface area is 162 Å². The van der Waals surface area contributed by atoms with Gasteiger partial charge < -0.3 is 14.4 Å². The van der Waals surface area contributed by atoms with Crippen molar-refractivity contribution in [1.82, 2.24) is 4.90 Å². The number of carbonyl (C=O) groups excluding carboxylic acids is 2. The molecule has 3 saturated heterocycles. The van der Waals surface area contributed by atoms with Crippen LogP contribution in [-0.2, 0) is 14.3 Å². The Morgan fingerprint density at radius 2 is 1.82 bits per heavy atom. The molecule has 0 unspecified atom stereocenters. The fourth-order valence-corrected chi connectivity index (χ4v) is 5.39. The molecule has 0 aromatic heterocycles. The van der Waals surface area contributed by atoms with Gasteiger partial charge >= 0.3 is 0 Å². The van der Waals surface area contributed by atoms with Crippen molar-refractivity contribution in [1.29, 1.82) is 0 Å². The summed E-state index contributed by atoms with van der Waals surface area (Å²) in [5.74, 6) is -0.541. The van der Waals surface area contributed by atoms with E-state index < -0.39 is 12.3 Å². The Kier molecular flexibility index (Phi) is 3.40. The fraction of sp³-hybridized carbons (Fsp3) is 0.304. The molecule has 0 spiro atoms. The van der Waals surface area contributed by atoms with Gasteiger partial charge in [-0.3, -0.25) is 9.59 Å². The quantitative estimate of drug-likeness (QED) is 0.758. The minimum atomic E-state index is -0.795. The normalized spacial score (nSPS) is 34.7. The molecule has 0 aliphatic carbocycles. The van der Waals surface area contributed by atoms with Crippen LogP contribution in [0.15, 0.2) is 60.8 Å². The number of benzene rings is 2. The lowest BCUT2D eigenvalue weighted by Crippen LogP contribution is -2.48. The highest BCUT2D eigenvalue weighted by atomic mass is 16.7. The number of Topliss-reactive ketones (excluding diaryl/α,β-unsaturated/α-hetero) is 2. The van der Waals surface area contributed by atoms with Crippen LogP contribution in [0.2, 0.25) is 0 Å². The molecule has 5 nitrogen and oxygen atoms in total. The van der Waals surface area contributed by atoms with Gasteiger partial charge in [0.1, 0.15) is 0 Å². The van der Waals surface area contributed by atoms with Crippen molar-refractivity contribution in [2.75, 3.05) is 6.61 Å². The Hall–Kier alpha value is -2.76. The van der Waals surface area contributed by atoms with Crippen LogP contribution in [0.1, 0.15) is 27.5 Å². The number of carbonyl (C=O) groups is 2. The predicted molar refractivity (Wildman–Crippen MR) is 101 cm³/mol. The van der Waals surface area contributed by atoms with Gasteiger partial charge in [0.15, 0.2) is 11.6 Å². The molecule has 4 aliphatic heterocycles. The third-order valence-electron chi connectivity index (χ3n) is 6.53. The second-order valence-corrected chi connectivity index (χ2v) is 7.86. The van der Waals surface area contributed by atoms with Crippen LogP contribution in [0, 0.1) is 11.8 Å². The van der Waals surface area contributed by atoms with E-state index in [0.29, 0.717) is 12.2 Å². The van der Waals surface area contributed by atoms with Crippen LogP contribution in [0.4, 0.5) is 0 Å². The van der Waals surface area contributed by atoms with Crippen molar-refractivity contribution in [3.8, 4) is 0 Å². The average molecular weight is 373 g/mol. The number of ketones is 2. The van der Waals surface area contributed by atoms with Gasteiger partial charge in [0.05, 0.1) is 30.7 Å². The standard InChI is InChI=1S/C23H19NO4/c25-21(14-7-2-1-3-8-14)20-17-16-12-27-23(28-16)22(26)18(17)19-15-9-5-4-6-13(15)10-11-24(19)20/h1-11,16-20,23H,12H2/t16-,17+,18-,19+,20-,23-/m0/s1. The molecule has 28 heavy (non-hydrogen) atoms. The Morgan fingerprint density at radius 3 is 2.68 bits per heavy atom. The van der Waals surface area contributed by atoms with E-state index in [9.17, 15) is 9.59 Å². The number of nitrogens with zero attached hydrogens (tertiary/aromatic N) is 1. The van der Waals surface area contributed by atoms with E-state index in [-0.39, 0.29) is 35.5 Å². The average Bonchev–Trinajstić information content (AvgIpc) is 3.33. The molecule has 4 aliphatic rings. The number of ether oxygens (including phenoxy) is 2. The predicted octanol–water partition coefficient (Wildman–Crippen LogP) is 2.84. The molecule has 2 aromatic carbocycles. The molecule has 5 heteroatoms. The minimum absolute atomic E-state index is 0.0314. The highest BCUT2D eigenvalue weighted by Crippen LogP contribution is 2.54. The van der Waals surface area contributed by atoms with E-state index in [4.69, 9.17) is 9.47 Å². The van der Waals surface area contributed by atoms with Crippen molar-refractivity contribution in [2.24, 2.45) is 11.8 Å². The third-order valence-corrected chi connectivity index (χ3v) is 6.53. The maximum atomic E-state index is 13.6. The van der Waals surface area contributed by atoms with Crippen molar-refractivity contribution in [3.05, 3.63) is 77.5 Å². The molecule has 2 bridgehead atoms. The monoisotopic (exact) mass is 373 g/mol. The molecule has 0 saturated carbocycles. The van der Waals surface area contributed by atoms with Gasteiger partial charge in [-0.15, -0.1) is 0 Å². The van der Waals surface area contributed by atoms with E-state index >= 15 is 0 Å². The van der Waals surface area contributed by atoms with Crippen LogP contribution >= 0.6 is 0 Å². The van der Waals surface area contributed by atoms with Crippen LogP contribution in [0.3, 0.4) is 0 Å². The summed E-state index contributed by atoms with van der Waals surface area (Å²) in [6.07, 6.45) is 2.99. The first-order chi connectivity index (χ1) is 13.7. The zero-order valence-corrected chi connectivity index (χ0v) is 15.1. The Morgan fingerprint density at radius 1 is 1.04 bits per heavy atom. The molecule has 0 N–H and O–H groups in total. The second-order valence-electron chi connectivity index (χ2n) is 7.86. The van der Waals surface area contributed by atoms with Crippen molar-refractivity contribution in [3.63, 3.8) is 0 Å². The summed E-state index contributed by atoms with van der Waals surface area (Å²) in [4.78, 5) is 28.9.